The minimum atomic E-state index is -0.484. The zero-order valence-electron chi connectivity index (χ0n) is 18.2. The molecule has 8 heteroatoms. The fourth-order valence-electron chi connectivity index (χ4n) is 3.15. The monoisotopic (exact) mass is 461 g/mol. The lowest BCUT2D eigenvalue weighted by Gasteiger charge is -2.21. The van der Waals surface area contributed by atoms with Crippen LogP contribution in [0.15, 0.2) is 78.9 Å². The highest BCUT2D eigenvalue weighted by molar-refractivity contribution is 7.80. The number of thiocarbonyl (C=S) groups is 1. The summed E-state index contributed by atoms with van der Waals surface area (Å²) in [5, 5.41) is 5.59. The smallest absolute Gasteiger partial charge is 0.337 e. The Morgan fingerprint density at radius 1 is 0.879 bits per heavy atom. The van der Waals surface area contributed by atoms with Crippen molar-refractivity contribution >= 4 is 46.5 Å². The lowest BCUT2D eigenvalue weighted by Crippen LogP contribution is -2.34. The van der Waals surface area contributed by atoms with Crippen molar-refractivity contribution in [3.05, 3.63) is 95.6 Å². The maximum absolute atomic E-state index is 13.0. The van der Waals surface area contributed by atoms with Gasteiger partial charge in [-0.15, -0.1) is 0 Å². The van der Waals surface area contributed by atoms with Gasteiger partial charge in [-0.2, -0.15) is 0 Å². The van der Waals surface area contributed by atoms with Crippen molar-refractivity contribution in [2.75, 3.05) is 23.9 Å². The van der Waals surface area contributed by atoms with Gasteiger partial charge in [-0.05, 0) is 73.7 Å². The van der Waals surface area contributed by atoms with Gasteiger partial charge in [0.2, 0.25) is 0 Å². The Balaban J connectivity index is 1.66. The highest BCUT2D eigenvalue weighted by Crippen LogP contribution is 2.19. The maximum atomic E-state index is 13.0. The molecule has 0 aliphatic heterocycles. The van der Waals surface area contributed by atoms with Crippen LogP contribution in [-0.4, -0.2) is 36.6 Å². The first-order valence-corrected chi connectivity index (χ1v) is 10.6. The van der Waals surface area contributed by atoms with E-state index in [1.54, 1.807) is 29.2 Å². The molecule has 2 N–H and O–H groups in total. The molecule has 0 aliphatic rings. The Bertz CT molecular complexity index is 1160. The molecule has 3 rings (SSSR count). The summed E-state index contributed by atoms with van der Waals surface area (Å²) in [6.07, 6.45) is 0. The van der Waals surface area contributed by atoms with E-state index < -0.39 is 11.9 Å². The van der Waals surface area contributed by atoms with E-state index in [0.717, 1.165) is 5.69 Å². The summed E-state index contributed by atoms with van der Waals surface area (Å²) in [5.74, 6) is -1.06. The third-order valence-corrected chi connectivity index (χ3v) is 5.00. The molecule has 3 aromatic rings. The van der Waals surface area contributed by atoms with Crippen LogP contribution in [0.3, 0.4) is 0 Å². The minimum Gasteiger partial charge on any atom is -0.465 e. The van der Waals surface area contributed by atoms with Crippen LogP contribution in [-0.2, 0) is 4.74 Å². The average Bonchev–Trinajstić information content (AvgIpc) is 2.84. The molecule has 0 aliphatic carbocycles. The molecular weight excluding hydrogens is 438 g/mol. The Kier molecular flexibility index (Phi) is 7.88. The molecule has 3 aromatic carbocycles. The molecular formula is C25H23N3O4S. The number of nitrogens with zero attached hydrogens (tertiary/aromatic N) is 1. The number of hydrogen-bond acceptors (Lipinski definition) is 5. The topological polar surface area (TPSA) is 87.7 Å². The van der Waals surface area contributed by atoms with Crippen LogP contribution in [0.4, 0.5) is 11.4 Å². The summed E-state index contributed by atoms with van der Waals surface area (Å²) < 4.78 is 4.64. The number of amides is 2. The van der Waals surface area contributed by atoms with Crippen molar-refractivity contribution in [3.63, 3.8) is 0 Å². The molecule has 0 fully saturated rings. The zero-order chi connectivity index (χ0) is 23.8. The van der Waals surface area contributed by atoms with Crippen molar-refractivity contribution in [3.8, 4) is 0 Å². The van der Waals surface area contributed by atoms with Gasteiger partial charge >= 0.3 is 5.97 Å². The molecule has 0 aromatic heterocycles. The predicted molar refractivity (Wildman–Crippen MR) is 132 cm³/mol. The van der Waals surface area contributed by atoms with Crippen LogP contribution in [0.5, 0.6) is 0 Å². The number of nitrogens with one attached hydrogen (secondary N) is 2. The maximum Gasteiger partial charge on any atom is 0.337 e. The van der Waals surface area contributed by atoms with Gasteiger partial charge in [0.05, 0.1) is 12.7 Å². The zero-order valence-corrected chi connectivity index (χ0v) is 19.0. The summed E-state index contributed by atoms with van der Waals surface area (Å²) in [6.45, 7) is 2.43. The number of hydrogen-bond donors (Lipinski definition) is 2. The molecule has 0 bridgehead atoms. The van der Waals surface area contributed by atoms with E-state index in [1.165, 1.54) is 31.4 Å². The van der Waals surface area contributed by atoms with Gasteiger partial charge in [0.1, 0.15) is 0 Å². The van der Waals surface area contributed by atoms with E-state index in [1.807, 2.05) is 37.3 Å². The van der Waals surface area contributed by atoms with E-state index in [4.69, 9.17) is 12.2 Å². The summed E-state index contributed by atoms with van der Waals surface area (Å²) in [4.78, 5) is 38.7. The SMILES string of the molecule is CCN(C(=O)c1cccc(NC(=S)NC(=O)c2ccc(C(=O)OC)cc2)c1)c1ccccc1. The molecule has 2 amide bonds. The van der Waals surface area contributed by atoms with Gasteiger partial charge < -0.3 is 15.0 Å². The standard InChI is InChI=1S/C25H23N3O4S/c1-3-28(21-10-5-4-6-11-21)23(30)19-8-7-9-20(16-19)26-25(33)27-22(29)17-12-14-18(15-13-17)24(31)32-2/h4-16H,3H2,1-2H3,(H2,26,27,29,33). The van der Waals surface area contributed by atoms with Crippen LogP contribution in [0.25, 0.3) is 0 Å². The van der Waals surface area contributed by atoms with Crippen molar-refractivity contribution in [1.29, 1.82) is 0 Å². The lowest BCUT2D eigenvalue weighted by atomic mass is 10.1. The van der Waals surface area contributed by atoms with E-state index >= 15 is 0 Å². The van der Waals surface area contributed by atoms with Gasteiger partial charge in [0.15, 0.2) is 5.11 Å². The van der Waals surface area contributed by atoms with Crippen LogP contribution >= 0.6 is 12.2 Å². The Hall–Kier alpha value is -4.04. The predicted octanol–water partition coefficient (Wildman–Crippen LogP) is 4.27. The minimum absolute atomic E-state index is 0.0806. The van der Waals surface area contributed by atoms with Gasteiger partial charge in [-0.25, -0.2) is 4.79 Å². The Labute approximate surface area is 197 Å². The van der Waals surface area contributed by atoms with Gasteiger partial charge in [-0.3, -0.25) is 14.9 Å². The molecule has 33 heavy (non-hydrogen) atoms. The van der Waals surface area contributed by atoms with Crippen molar-refractivity contribution in [2.45, 2.75) is 6.92 Å². The van der Waals surface area contributed by atoms with Crippen LogP contribution in [0.1, 0.15) is 38.0 Å². The van der Waals surface area contributed by atoms with Crippen molar-refractivity contribution < 1.29 is 19.1 Å². The van der Waals surface area contributed by atoms with Crippen LogP contribution in [0, 0.1) is 0 Å². The summed E-state index contributed by atoms with van der Waals surface area (Å²) in [6, 6.07) is 22.3. The fraction of sp³-hybridized carbons (Fsp3) is 0.120. The summed E-state index contributed by atoms with van der Waals surface area (Å²) >= 11 is 5.25. The second-order valence-electron chi connectivity index (χ2n) is 6.94. The molecule has 0 heterocycles. The average molecular weight is 462 g/mol. The number of carbonyl (C=O) groups excluding carboxylic acids is 3. The first-order chi connectivity index (χ1) is 15.9. The Morgan fingerprint density at radius 2 is 1.55 bits per heavy atom. The summed E-state index contributed by atoms with van der Waals surface area (Å²) in [5.41, 5.74) is 2.53. The number of methoxy groups -OCH3 is 1. The van der Waals surface area contributed by atoms with Gasteiger partial charge in [0, 0.05) is 29.0 Å². The van der Waals surface area contributed by atoms with Crippen LogP contribution in [0.2, 0.25) is 0 Å². The third-order valence-electron chi connectivity index (χ3n) is 4.79. The quantitative estimate of drug-likeness (QED) is 0.421. The molecule has 168 valence electrons. The molecule has 0 spiro atoms. The van der Waals surface area contributed by atoms with Gasteiger partial charge in [0.25, 0.3) is 11.8 Å². The van der Waals surface area contributed by atoms with Crippen molar-refractivity contribution in [2.24, 2.45) is 0 Å². The van der Waals surface area contributed by atoms with E-state index in [9.17, 15) is 14.4 Å². The second kappa shape index (κ2) is 11.0. The third kappa shape index (κ3) is 6.02. The molecule has 0 saturated carbocycles. The first-order valence-electron chi connectivity index (χ1n) is 10.2. The molecule has 0 unspecified atom stereocenters. The van der Waals surface area contributed by atoms with E-state index in [0.29, 0.717) is 28.9 Å². The molecule has 7 nitrogen and oxygen atoms in total. The summed E-state index contributed by atoms with van der Waals surface area (Å²) in [7, 11) is 1.29. The fourth-order valence-corrected chi connectivity index (χ4v) is 3.36. The number of anilines is 2. The lowest BCUT2D eigenvalue weighted by molar-refractivity contribution is 0.0600. The second-order valence-corrected chi connectivity index (χ2v) is 7.35. The first kappa shape index (κ1) is 23.6. The number of carbonyl (C=O) groups is 3. The Morgan fingerprint density at radius 3 is 2.18 bits per heavy atom. The van der Waals surface area contributed by atoms with Gasteiger partial charge in [-0.1, -0.05) is 24.3 Å². The number of esters is 1. The highest BCUT2D eigenvalue weighted by Gasteiger charge is 2.17. The molecule has 0 radical (unpaired) electrons. The normalized spacial score (nSPS) is 10.1. The highest BCUT2D eigenvalue weighted by atomic mass is 32.1. The van der Waals surface area contributed by atoms with Crippen molar-refractivity contribution in [1.82, 2.24) is 5.32 Å². The van der Waals surface area contributed by atoms with E-state index in [2.05, 4.69) is 15.4 Å². The largest absolute Gasteiger partial charge is 0.465 e. The molecule has 0 atom stereocenters. The van der Waals surface area contributed by atoms with Crippen LogP contribution < -0.4 is 15.5 Å². The number of rotatable bonds is 6. The number of ether oxygens (including phenoxy) is 1. The number of para-hydroxylation sites is 1. The molecule has 0 saturated heterocycles. The number of benzene rings is 3. The van der Waals surface area contributed by atoms with E-state index in [-0.39, 0.29) is 11.0 Å².